The van der Waals surface area contributed by atoms with Gasteiger partial charge in [-0.25, -0.2) is 4.39 Å². The number of rotatable bonds is 2. The fourth-order valence-corrected chi connectivity index (χ4v) is 1.20. The van der Waals surface area contributed by atoms with Crippen molar-refractivity contribution in [2.24, 2.45) is 0 Å². The number of ketones is 1. The SMILES string of the molecule is O=C(Cc1cc(F)cc(C(F)(F)F)c1)C(F)(F)F. The van der Waals surface area contributed by atoms with E-state index in [1.807, 2.05) is 0 Å². The van der Waals surface area contributed by atoms with Crippen molar-refractivity contribution >= 4 is 5.78 Å². The van der Waals surface area contributed by atoms with Crippen LogP contribution < -0.4 is 0 Å². The van der Waals surface area contributed by atoms with Crippen LogP contribution in [-0.4, -0.2) is 12.0 Å². The quantitative estimate of drug-likeness (QED) is 0.754. The van der Waals surface area contributed by atoms with E-state index in [1.54, 1.807) is 0 Å². The monoisotopic (exact) mass is 274 g/mol. The molecule has 0 atom stereocenters. The number of hydrogen-bond acceptors (Lipinski definition) is 1. The first-order valence-corrected chi connectivity index (χ1v) is 4.47. The second kappa shape index (κ2) is 4.58. The Labute approximate surface area is 96.2 Å². The number of hydrogen-bond donors (Lipinski definition) is 0. The summed E-state index contributed by atoms with van der Waals surface area (Å²) in [7, 11) is 0. The van der Waals surface area contributed by atoms with Crippen LogP contribution in [0.4, 0.5) is 30.7 Å². The van der Waals surface area contributed by atoms with Gasteiger partial charge in [-0.05, 0) is 23.8 Å². The van der Waals surface area contributed by atoms with Crippen LogP contribution in [0.5, 0.6) is 0 Å². The summed E-state index contributed by atoms with van der Waals surface area (Å²) < 4.78 is 85.3. The van der Waals surface area contributed by atoms with Crippen LogP contribution in [0.3, 0.4) is 0 Å². The minimum atomic E-state index is -5.16. The van der Waals surface area contributed by atoms with Crippen molar-refractivity contribution in [2.75, 3.05) is 0 Å². The highest BCUT2D eigenvalue weighted by molar-refractivity contribution is 5.86. The van der Waals surface area contributed by atoms with Gasteiger partial charge in [0.25, 0.3) is 0 Å². The lowest BCUT2D eigenvalue weighted by Gasteiger charge is -2.10. The molecular formula is C10H5F7O. The highest BCUT2D eigenvalue weighted by Gasteiger charge is 2.38. The van der Waals surface area contributed by atoms with Gasteiger partial charge in [-0.3, -0.25) is 4.79 Å². The first-order chi connectivity index (χ1) is 8.00. The Kier molecular flexibility index (Phi) is 3.68. The molecule has 18 heavy (non-hydrogen) atoms. The van der Waals surface area contributed by atoms with Crippen LogP contribution in [0.2, 0.25) is 0 Å². The van der Waals surface area contributed by atoms with Crippen LogP contribution in [-0.2, 0) is 17.4 Å². The maximum atomic E-state index is 12.8. The molecule has 0 bridgehead atoms. The van der Waals surface area contributed by atoms with Crippen LogP contribution in [0.1, 0.15) is 11.1 Å². The number of alkyl halides is 6. The number of Topliss-reactive ketones (excluding diaryl/α,β-unsaturated/α-hetero) is 1. The van der Waals surface area contributed by atoms with Gasteiger partial charge in [0, 0.05) is 6.42 Å². The van der Waals surface area contributed by atoms with Gasteiger partial charge in [0.05, 0.1) is 5.56 Å². The summed E-state index contributed by atoms with van der Waals surface area (Å²) in [6, 6.07) is 0.910. The maximum Gasteiger partial charge on any atom is 0.450 e. The summed E-state index contributed by atoms with van der Waals surface area (Å²) in [5.41, 5.74) is -2.11. The Balaban J connectivity index is 3.05. The molecular weight excluding hydrogens is 269 g/mol. The average molecular weight is 274 g/mol. The molecule has 0 radical (unpaired) electrons. The predicted octanol–water partition coefficient (Wildman–Crippen LogP) is 3.52. The van der Waals surface area contributed by atoms with Crippen molar-refractivity contribution in [3.05, 3.63) is 35.1 Å². The molecule has 0 saturated heterocycles. The fraction of sp³-hybridized carbons (Fsp3) is 0.300. The topological polar surface area (TPSA) is 17.1 Å². The molecule has 1 rings (SSSR count). The van der Waals surface area contributed by atoms with Crippen LogP contribution >= 0.6 is 0 Å². The first-order valence-electron chi connectivity index (χ1n) is 4.47. The largest absolute Gasteiger partial charge is 0.450 e. The standard InChI is InChI=1S/C10H5F7O/c11-7-2-5(3-8(18)10(15,16)17)1-6(4-7)9(12,13)14/h1-2,4H,3H2. The molecule has 0 aliphatic carbocycles. The number of carbonyl (C=O) groups excluding carboxylic acids is 1. The molecule has 0 saturated carbocycles. The molecule has 0 N–H and O–H groups in total. The third-order valence-electron chi connectivity index (χ3n) is 1.97. The Hall–Kier alpha value is -1.60. The normalized spacial score (nSPS) is 12.6. The minimum absolute atomic E-state index is 0.140. The van der Waals surface area contributed by atoms with Crippen LogP contribution in [0, 0.1) is 5.82 Å². The Morgan fingerprint density at radius 1 is 1.00 bits per heavy atom. The smallest absolute Gasteiger partial charge is 0.289 e. The van der Waals surface area contributed by atoms with Gasteiger partial charge in [-0.1, -0.05) is 0 Å². The summed E-state index contributed by atoms with van der Waals surface area (Å²) in [4.78, 5) is 10.6. The van der Waals surface area contributed by atoms with Crippen LogP contribution in [0.25, 0.3) is 0 Å². The van der Waals surface area contributed by atoms with Crippen molar-refractivity contribution in [1.82, 2.24) is 0 Å². The van der Waals surface area contributed by atoms with Crippen LogP contribution in [0.15, 0.2) is 18.2 Å². The Morgan fingerprint density at radius 2 is 1.56 bits per heavy atom. The van der Waals surface area contributed by atoms with Gasteiger partial charge in [0.15, 0.2) is 0 Å². The second-order valence-electron chi connectivity index (χ2n) is 3.44. The van der Waals surface area contributed by atoms with E-state index in [0.717, 1.165) is 0 Å². The average Bonchev–Trinajstić information content (AvgIpc) is 2.13. The van der Waals surface area contributed by atoms with Gasteiger partial charge in [-0.15, -0.1) is 0 Å². The molecule has 0 unspecified atom stereocenters. The number of carbonyl (C=O) groups is 1. The van der Waals surface area contributed by atoms with E-state index in [0.29, 0.717) is 12.1 Å². The molecule has 8 heteroatoms. The summed E-state index contributed by atoms with van der Waals surface area (Å²) in [6.07, 6.45) is -11.4. The van der Waals surface area contributed by atoms with E-state index in [4.69, 9.17) is 0 Å². The lowest BCUT2D eigenvalue weighted by molar-refractivity contribution is -0.170. The molecule has 0 amide bonds. The summed E-state index contributed by atoms with van der Waals surface area (Å²) in [5, 5.41) is 0. The minimum Gasteiger partial charge on any atom is -0.289 e. The zero-order chi connectivity index (χ0) is 14.1. The van der Waals surface area contributed by atoms with E-state index >= 15 is 0 Å². The molecule has 0 spiro atoms. The van der Waals surface area contributed by atoms with E-state index in [9.17, 15) is 35.5 Å². The molecule has 0 aliphatic heterocycles. The molecule has 0 aromatic heterocycles. The second-order valence-corrected chi connectivity index (χ2v) is 3.44. The third kappa shape index (κ3) is 3.71. The van der Waals surface area contributed by atoms with Crippen molar-refractivity contribution in [3.8, 4) is 0 Å². The van der Waals surface area contributed by atoms with Gasteiger partial charge in [-0.2, -0.15) is 26.3 Å². The Bertz CT molecular complexity index is 458. The van der Waals surface area contributed by atoms with E-state index in [2.05, 4.69) is 0 Å². The van der Waals surface area contributed by atoms with Crippen molar-refractivity contribution in [3.63, 3.8) is 0 Å². The van der Waals surface area contributed by atoms with Gasteiger partial charge in [0.2, 0.25) is 5.78 Å². The van der Waals surface area contributed by atoms with Gasteiger partial charge in [0.1, 0.15) is 5.82 Å². The highest BCUT2D eigenvalue weighted by atomic mass is 19.4. The molecule has 1 aromatic rings. The number of halogens is 7. The zero-order valence-electron chi connectivity index (χ0n) is 8.49. The molecule has 100 valence electrons. The first kappa shape index (κ1) is 14.5. The predicted molar refractivity (Wildman–Crippen MR) is 46.2 cm³/mol. The Morgan fingerprint density at radius 3 is 2.00 bits per heavy atom. The number of benzene rings is 1. The highest BCUT2D eigenvalue weighted by Crippen LogP contribution is 2.31. The van der Waals surface area contributed by atoms with Crippen molar-refractivity contribution in [2.45, 2.75) is 18.8 Å². The third-order valence-corrected chi connectivity index (χ3v) is 1.97. The summed E-state index contributed by atoms with van der Waals surface area (Å²) in [6.45, 7) is 0. The molecule has 1 nitrogen and oxygen atoms in total. The van der Waals surface area contributed by atoms with Gasteiger partial charge < -0.3 is 0 Å². The molecule has 0 heterocycles. The fourth-order valence-electron chi connectivity index (χ4n) is 1.20. The molecule has 0 fully saturated rings. The van der Waals surface area contributed by atoms with E-state index < -0.39 is 41.5 Å². The van der Waals surface area contributed by atoms with E-state index in [-0.39, 0.29) is 6.07 Å². The lowest BCUT2D eigenvalue weighted by atomic mass is 10.0. The molecule has 0 aliphatic rings. The lowest BCUT2D eigenvalue weighted by Crippen LogP contribution is -2.24. The maximum absolute atomic E-state index is 12.8. The summed E-state index contributed by atoms with van der Waals surface area (Å²) in [5.74, 6) is -3.59. The van der Waals surface area contributed by atoms with E-state index in [1.165, 1.54) is 0 Å². The zero-order valence-corrected chi connectivity index (χ0v) is 8.49. The van der Waals surface area contributed by atoms with Crippen molar-refractivity contribution < 1.29 is 35.5 Å². The van der Waals surface area contributed by atoms with Crippen molar-refractivity contribution in [1.29, 1.82) is 0 Å². The van der Waals surface area contributed by atoms with Gasteiger partial charge >= 0.3 is 12.4 Å². The summed E-state index contributed by atoms with van der Waals surface area (Å²) >= 11 is 0. The molecule has 1 aromatic carbocycles.